The SMILES string of the molecule is c1ccc(C(Nc2csc3c2CCC3)(c2ccccc2)c2ccccc2)cc1. The number of thiophene rings is 1. The Morgan fingerprint density at radius 3 is 1.64 bits per heavy atom. The Morgan fingerprint density at radius 1 is 0.643 bits per heavy atom. The number of benzene rings is 3. The summed E-state index contributed by atoms with van der Waals surface area (Å²) in [6, 6.07) is 32.5. The van der Waals surface area contributed by atoms with E-state index in [2.05, 4.69) is 102 Å². The zero-order valence-electron chi connectivity index (χ0n) is 15.8. The first-order valence-electron chi connectivity index (χ1n) is 9.92. The Morgan fingerprint density at radius 2 is 1.14 bits per heavy atom. The minimum absolute atomic E-state index is 0.429. The average Bonchev–Trinajstić information content (AvgIpc) is 3.39. The first-order chi connectivity index (χ1) is 13.9. The monoisotopic (exact) mass is 381 g/mol. The molecule has 4 aromatic rings. The van der Waals surface area contributed by atoms with Gasteiger partial charge in [0, 0.05) is 15.9 Å². The van der Waals surface area contributed by atoms with Crippen LogP contribution in [0.2, 0.25) is 0 Å². The average molecular weight is 382 g/mol. The van der Waals surface area contributed by atoms with E-state index >= 15 is 0 Å². The molecule has 1 aliphatic carbocycles. The van der Waals surface area contributed by atoms with E-state index < -0.39 is 5.54 Å². The molecule has 0 saturated heterocycles. The minimum atomic E-state index is -0.429. The second-order valence-corrected chi connectivity index (χ2v) is 8.34. The summed E-state index contributed by atoms with van der Waals surface area (Å²) in [5.41, 5.74) is 6.13. The predicted molar refractivity (Wildman–Crippen MR) is 119 cm³/mol. The molecular weight excluding hydrogens is 358 g/mol. The topological polar surface area (TPSA) is 12.0 Å². The minimum Gasteiger partial charge on any atom is -0.367 e. The highest BCUT2D eigenvalue weighted by molar-refractivity contribution is 7.10. The summed E-state index contributed by atoms with van der Waals surface area (Å²) in [6.45, 7) is 0. The molecule has 0 saturated carbocycles. The summed E-state index contributed by atoms with van der Waals surface area (Å²) in [6.07, 6.45) is 3.66. The number of rotatable bonds is 5. The van der Waals surface area contributed by atoms with Crippen LogP contribution in [0.5, 0.6) is 0 Å². The molecule has 1 heterocycles. The molecule has 1 aliphatic rings. The maximum absolute atomic E-state index is 4.03. The quantitative estimate of drug-likeness (QED) is 0.382. The predicted octanol–water partition coefficient (Wildman–Crippen LogP) is 6.64. The van der Waals surface area contributed by atoms with Crippen LogP contribution in [-0.4, -0.2) is 0 Å². The number of fused-ring (bicyclic) bond motifs is 1. The van der Waals surface area contributed by atoms with Gasteiger partial charge in [-0.3, -0.25) is 0 Å². The molecule has 1 N–H and O–H groups in total. The van der Waals surface area contributed by atoms with Gasteiger partial charge in [-0.2, -0.15) is 0 Å². The molecule has 5 rings (SSSR count). The van der Waals surface area contributed by atoms with Crippen molar-refractivity contribution in [2.75, 3.05) is 5.32 Å². The van der Waals surface area contributed by atoms with Crippen molar-refractivity contribution in [3.63, 3.8) is 0 Å². The van der Waals surface area contributed by atoms with Crippen LogP contribution in [-0.2, 0) is 18.4 Å². The van der Waals surface area contributed by atoms with Crippen LogP contribution in [0.3, 0.4) is 0 Å². The molecule has 138 valence electrons. The summed E-state index contributed by atoms with van der Waals surface area (Å²) in [5, 5.41) is 6.35. The highest BCUT2D eigenvalue weighted by Crippen LogP contribution is 2.43. The summed E-state index contributed by atoms with van der Waals surface area (Å²) in [7, 11) is 0. The summed E-state index contributed by atoms with van der Waals surface area (Å²) in [4.78, 5) is 1.55. The van der Waals surface area contributed by atoms with Gasteiger partial charge in [-0.1, -0.05) is 91.0 Å². The van der Waals surface area contributed by atoms with Crippen LogP contribution >= 0.6 is 11.3 Å². The summed E-state index contributed by atoms with van der Waals surface area (Å²) >= 11 is 1.90. The Labute approximate surface area is 170 Å². The van der Waals surface area contributed by atoms with Crippen LogP contribution in [0.1, 0.15) is 33.6 Å². The van der Waals surface area contributed by atoms with Gasteiger partial charge in [0.05, 0.1) is 0 Å². The van der Waals surface area contributed by atoms with E-state index in [0.29, 0.717) is 0 Å². The molecular formula is C26H23NS. The molecule has 3 aromatic carbocycles. The molecule has 2 heteroatoms. The van der Waals surface area contributed by atoms with Gasteiger partial charge in [-0.25, -0.2) is 0 Å². The lowest BCUT2D eigenvalue weighted by atomic mass is 9.76. The van der Waals surface area contributed by atoms with E-state index in [1.807, 2.05) is 11.3 Å². The van der Waals surface area contributed by atoms with Crippen molar-refractivity contribution in [1.29, 1.82) is 0 Å². The van der Waals surface area contributed by atoms with Gasteiger partial charge in [-0.15, -0.1) is 11.3 Å². The zero-order valence-corrected chi connectivity index (χ0v) is 16.6. The van der Waals surface area contributed by atoms with Crippen LogP contribution in [0.4, 0.5) is 5.69 Å². The van der Waals surface area contributed by atoms with Gasteiger partial charge in [0.15, 0.2) is 0 Å². The van der Waals surface area contributed by atoms with Gasteiger partial charge in [0.2, 0.25) is 0 Å². The number of nitrogens with one attached hydrogen (secondary N) is 1. The summed E-state index contributed by atoms with van der Waals surface area (Å²) in [5.74, 6) is 0. The van der Waals surface area contributed by atoms with E-state index in [0.717, 1.165) is 0 Å². The Balaban J connectivity index is 1.77. The fourth-order valence-electron chi connectivity index (χ4n) is 4.42. The lowest BCUT2D eigenvalue weighted by molar-refractivity contribution is 0.710. The van der Waals surface area contributed by atoms with Gasteiger partial charge in [0.25, 0.3) is 0 Å². The molecule has 1 nitrogen and oxygen atoms in total. The van der Waals surface area contributed by atoms with E-state index in [9.17, 15) is 0 Å². The Bertz CT molecular complexity index is 955. The maximum Gasteiger partial charge on any atom is 0.114 e. The zero-order chi connectivity index (χ0) is 18.8. The lowest BCUT2D eigenvalue weighted by Gasteiger charge is -2.38. The van der Waals surface area contributed by atoms with Crippen LogP contribution in [0.25, 0.3) is 0 Å². The van der Waals surface area contributed by atoms with E-state index in [1.165, 1.54) is 47.2 Å². The summed E-state index contributed by atoms with van der Waals surface area (Å²) < 4.78 is 0. The fourth-order valence-corrected chi connectivity index (χ4v) is 5.50. The first-order valence-corrected chi connectivity index (χ1v) is 10.8. The van der Waals surface area contributed by atoms with E-state index in [1.54, 1.807) is 4.88 Å². The van der Waals surface area contributed by atoms with Gasteiger partial charge >= 0.3 is 0 Å². The van der Waals surface area contributed by atoms with E-state index in [-0.39, 0.29) is 0 Å². The van der Waals surface area contributed by atoms with Crippen LogP contribution < -0.4 is 5.32 Å². The largest absolute Gasteiger partial charge is 0.367 e. The highest BCUT2D eigenvalue weighted by Gasteiger charge is 2.37. The van der Waals surface area contributed by atoms with Gasteiger partial charge < -0.3 is 5.32 Å². The fraction of sp³-hybridized carbons (Fsp3) is 0.154. The molecule has 0 atom stereocenters. The first kappa shape index (κ1) is 17.3. The van der Waals surface area contributed by atoms with Crippen molar-refractivity contribution >= 4 is 17.0 Å². The Kier molecular flexibility index (Phi) is 4.50. The van der Waals surface area contributed by atoms with Gasteiger partial charge in [-0.05, 0) is 41.5 Å². The molecule has 0 fully saturated rings. The molecule has 0 spiro atoms. The smallest absolute Gasteiger partial charge is 0.114 e. The van der Waals surface area contributed by atoms with Crippen LogP contribution in [0, 0.1) is 0 Å². The molecule has 28 heavy (non-hydrogen) atoms. The second-order valence-electron chi connectivity index (χ2n) is 7.38. The molecule has 0 unspecified atom stereocenters. The van der Waals surface area contributed by atoms with E-state index in [4.69, 9.17) is 0 Å². The third-order valence-electron chi connectivity index (χ3n) is 5.75. The van der Waals surface area contributed by atoms with Crippen molar-refractivity contribution in [2.24, 2.45) is 0 Å². The number of anilines is 1. The van der Waals surface area contributed by atoms with Crippen molar-refractivity contribution in [2.45, 2.75) is 24.8 Å². The highest BCUT2D eigenvalue weighted by atomic mass is 32.1. The van der Waals surface area contributed by atoms with Crippen molar-refractivity contribution in [3.05, 3.63) is 124 Å². The van der Waals surface area contributed by atoms with Crippen molar-refractivity contribution < 1.29 is 0 Å². The molecule has 0 bridgehead atoms. The second kappa shape index (κ2) is 7.29. The number of aryl methyl sites for hydroxylation is 1. The molecule has 1 aromatic heterocycles. The van der Waals surface area contributed by atoms with Crippen molar-refractivity contribution in [1.82, 2.24) is 0 Å². The normalized spacial score (nSPS) is 13.3. The lowest BCUT2D eigenvalue weighted by Crippen LogP contribution is -2.38. The Hall–Kier alpha value is -2.84. The molecule has 0 aliphatic heterocycles. The third-order valence-corrected chi connectivity index (χ3v) is 6.84. The van der Waals surface area contributed by atoms with Crippen molar-refractivity contribution in [3.8, 4) is 0 Å². The van der Waals surface area contributed by atoms with Gasteiger partial charge in [0.1, 0.15) is 5.54 Å². The third kappa shape index (κ3) is 2.85. The standard InChI is InChI=1S/C26H23NS/c1-4-11-20(12-5-1)26(21-13-6-2-7-14-21,22-15-8-3-9-16-22)27-24-19-28-25-18-10-17-23(24)25/h1-9,11-16,19,27H,10,17-18H2. The maximum atomic E-state index is 4.03. The molecule has 0 amide bonds. The molecule has 0 radical (unpaired) electrons. The number of hydrogen-bond donors (Lipinski definition) is 1. The number of hydrogen-bond acceptors (Lipinski definition) is 2. The van der Waals surface area contributed by atoms with Crippen LogP contribution in [0.15, 0.2) is 96.4 Å².